The van der Waals surface area contributed by atoms with Crippen LogP contribution in [-0.4, -0.2) is 73.7 Å². The second-order valence-corrected chi connectivity index (χ2v) is 7.95. The Morgan fingerprint density at radius 1 is 1.28 bits per heavy atom. The molecule has 2 aliphatic rings. The molecule has 2 saturated heterocycles. The predicted octanol–water partition coefficient (Wildman–Crippen LogP) is -0.533. The van der Waals surface area contributed by atoms with E-state index in [1.807, 2.05) is 0 Å². The molecule has 2 fully saturated rings. The molecular formula is C18H20N2O8S. The Labute approximate surface area is 169 Å². The number of carboxylic acids is 2. The first-order valence-corrected chi connectivity index (χ1v) is 9.74. The van der Waals surface area contributed by atoms with Gasteiger partial charge in [0.15, 0.2) is 0 Å². The molecule has 11 heteroatoms. The van der Waals surface area contributed by atoms with E-state index in [0.29, 0.717) is 10.5 Å². The number of amides is 2. The van der Waals surface area contributed by atoms with Gasteiger partial charge in [0, 0.05) is 18.8 Å². The maximum Gasteiger partial charge on any atom is 0.357 e. The highest BCUT2D eigenvalue weighted by Crippen LogP contribution is 2.51. The minimum Gasteiger partial charge on any atom is -0.481 e. The molecule has 0 aliphatic carbocycles. The number of hydrogen-bond donors (Lipinski definition) is 4. The van der Waals surface area contributed by atoms with Crippen molar-refractivity contribution in [3.63, 3.8) is 0 Å². The molecule has 0 bridgehead atoms. The van der Waals surface area contributed by atoms with Crippen LogP contribution in [-0.2, 0) is 30.3 Å². The van der Waals surface area contributed by atoms with Gasteiger partial charge in [-0.25, -0.2) is 4.79 Å². The van der Waals surface area contributed by atoms with Crippen molar-refractivity contribution in [1.29, 1.82) is 0 Å². The molecule has 2 amide bonds. The third-order valence-electron chi connectivity index (χ3n) is 5.10. The van der Waals surface area contributed by atoms with E-state index in [1.54, 1.807) is 30.3 Å². The van der Waals surface area contributed by atoms with E-state index in [-0.39, 0.29) is 12.2 Å². The van der Waals surface area contributed by atoms with Gasteiger partial charge in [-0.3, -0.25) is 19.3 Å². The number of rotatable bonds is 7. The molecule has 0 aromatic heterocycles. The van der Waals surface area contributed by atoms with E-state index >= 15 is 0 Å². The standard InChI is InChI=1S/C18H20N2O8S/c1-28-17(19-12(21)7-10-5-3-2-4-6-10)14(24)20-15(17)29-9-11(8-13(22)23)18(20,27)16(25)26/h2-6,11,15,27H,7-9H2,1H3,(H,19,21)(H,22,23)(H,25,26)/t11?,15-,17+,18?/m1/s1. The van der Waals surface area contributed by atoms with E-state index < -0.39 is 52.9 Å². The first kappa shape index (κ1) is 21.1. The number of β-lactam (4-membered cyclic amide) rings is 1. The number of aliphatic carboxylic acids is 2. The van der Waals surface area contributed by atoms with E-state index in [1.165, 1.54) is 7.11 Å². The zero-order chi connectivity index (χ0) is 21.4. The minimum atomic E-state index is -2.71. The van der Waals surface area contributed by atoms with Crippen molar-refractivity contribution < 1.29 is 39.2 Å². The second kappa shape index (κ2) is 7.65. The van der Waals surface area contributed by atoms with Gasteiger partial charge in [0.05, 0.1) is 12.8 Å². The molecule has 0 spiro atoms. The van der Waals surface area contributed by atoms with Crippen LogP contribution in [0.3, 0.4) is 0 Å². The topological polar surface area (TPSA) is 153 Å². The van der Waals surface area contributed by atoms with Crippen LogP contribution in [0.2, 0.25) is 0 Å². The van der Waals surface area contributed by atoms with Crippen LogP contribution in [0.4, 0.5) is 0 Å². The van der Waals surface area contributed by atoms with E-state index in [4.69, 9.17) is 9.84 Å². The van der Waals surface area contributed by atoms with Crippen molar-refractivity contribution in [1.82, 2.24) is 10.2 Å². The largest absolute Gasteiger partial charge is 0.481 e. The molecule has 2 unspecified atom stereocenters. The number of hydrogen-bond acceptors (Lipinski definition) is 7. The normalized spacial score (nSPS) is 30.8. The molecule has 0 saturated carbocycles. The van der Waals surface area contributed by atoms with Crippen molar-refractivity contribution in [3.05, 3.63) is 35.9 Å². The lowest BCUT2D eigenvalue weighted by Gasteiger charge is -2.61. The Kier molecular flexibility index (Phi) is 5.57. The summed E-state index contributed by atoms with van der Waals surface area (Å²) < 4.78 is 5.29. The summed E-state index contributed by atoms with van der Waals surface area (Å²) in [6.07, 6.45) is -0.659. The Balaban J connectivity index is 1.83. The van der Waals surface area contributed by atoms with Crippen molar-refractivity contribution in [2.45, 2.75) is 29.7 Å². The van der Waals surface area contributed by atoms with Crippen molar-refractivity contribution >= 4 is 35.5 Å². The van der Waals surface area contributed by atoms with Gasteiger partial charge in [-0.15, -0.1) is 11.8 Å². The zero-order valence-electron chi connectivity index (χ0n) is 15.4. The lowest BCUT2D eigenvalue weighted by atomic mass is 9.86. The summed E-state index contributed by atoms with van der Waals surface area (Å²) in [4.78, 5) is 48.9. The second-order valence-electron chi connectivity index (χ2n) is 6.84. The number of nitrogens with one attached hydrogen (secondary N) is 1. The minimum absolute atomic E-state index is 0.0263. The Bertz CT molecular complexity index is 850. The Morgan fingerprint density at radius 2 is 1.93 bits per heavy atom. The number of aliphatic hydroxyl groups is 1. The smallest absolute Gasteiger partial charge is 0.357 e. The van der Waals surface area contributed by atoms with E-state index in [0.717, 1.165) is 11.8 Å². The van der Waals surface area contributed by atoms with Crippen LogP contribution >= 0.6 is 11.8 Å². The van der Waals surface area contributed by atoms with Gasteiger partial charge in [0.1, 0.15) is 5.37 Å². The van der Waals surface area contributed by atoms with Gasteiger partial charge in [-0.05, 0) is 5.56 Å². The maximum absolute atomic E-state index is 12.9. The molecule has 2 aliphatic heterocycles. The lowest BCUT2D eigenvalue weighted by Crippen LogP contribution is -2.87. The van der Waals surface area contributed by atoms with Gasteiger partial charge in [0.25, 0.3) is 11.6 Å². The molecule has 4 N–H and O–H groups in total. The molecule has 29 heavy (non-hydrogen) atoms. The third-order valence-corrected chi connectivity index (χ3v) is 6.55. The maximum atomic E-state index is 12.9. The molecule has 2 heterocycles. The summed E-state index contributed by atoms with van der Waals surface area (Å²) in [6, 6.07) is 8.80. The number of carbonyl (C=O) groups is 4. The molecule has 0 radical (unpaired) electrons. The molecule has 10 nitrogen and oxygen atoms in total. The van der Waals surface area contributed by atoms with E-state index in [9.17, 15) is 29.4 Å². The zero-order valence-corrected chi connectivity index (χ0v) is 16.2. The lowest BCUT2D eigenvalue weighted by molar-refractivity contribution is -0.252. The molecule has 4 atom stereocenters. The highest BCUT2D eigenvalue weighted by Gasteiger charge is 2.73. The average molecular weight is 424 g/mol. The van der Waals surface area contributed by atoms with Gasteiger partial charge in [-0.1, -0.05) is 30.3 Å². The van der Waals surface area contributed by atoms with Gasteiger partial charge in [-0.2, -0.15) is 0 Å². The fourth-order valence-corrected chi connectivity index (χ4v) is 5.29. The van der Waals surface area contributed by atoms with Crippen molar-refractivity contribution in [2.75, 3.05) is 12.9 Å². The van der Waals surface area contributed by atoms with Gasteiger partial charge < -0.3 is 25.4 Å². The molecular weight excluding hydrogens is 404 g/mol. The van der Waals surface area contributed by atoms with Crippen LogP contribution in [0.25, 0.3) is 0 Å². The third kappa shape index (κ3) is 3.34. The average Bonchev–Trinajstić information content (AvgIpc) is 2.67. The SMILES string of the molecule is CO[C@@]1(NC(=O)Cc2ccccc2)C(=O)N2[C@@H]1SCC(CC(=O)O)C2(O)C(=O)O. The van der Waals surface area contributed by atoms with E-state index in [2.05, 4.69) is 5.32 Å². The fourth-order valence-electron chi connectivity index (χ4n) is 3.63. The quantitative estimate of drug-likeness (QED) is 0.334. The Morgan fingerprint density at radius 3 is 2.48 bits per heavy atom. The molecule has 1 aromatic carbocycles. The monoisotopic (exact) mass is 424 g/mol. The predicted molar refractivity (Wildman–Crippen MR) is 99.4 cm³/mol. The van der Waals surface area contributed by atoms with Gasteiger partial charge in [0.2, 0.25) is 11.6 Å². The summed E-state index contributed by atoms with van der Waals surface area (Å²) in [5.41, 5.74) is -3.84. The number of carboxylic acid groups (broad SMARTS) is 2. The summed E-state index contributed by atoms with van der Waals surface area (Å²) in [5.74, 6) is -5.77. The summed E-state index contributed by atoms with van der Waals surface area (Å²) in [5, 5.41) is 30.9. The number of thioether (sulfide) groups is 1. The molecule has 156 valence electrons. The number of nitrogens with zero attached hydrogens (tertiary/aromatic N) is 1. The first-order valence-electron chi connectivity index (χ1n) is 8.69. The number of benzene rings is 1. The summed E-state index contributed by atoms with van der Waals surface area (Å²) in [6.45, 7) is 0. The summed E-state index contributed by atoms with van der Waals surface area (Å²) >= 11 is 1.05. The van der Waals surface area contributed by atoms with Crippen LogP contribution in [0.1, 0.15) is 12.0 Å². The van der Waals surface area contributed by atoms with Crippen LogP contribution in [0, 0.1) is 5.92 Å². The number of methoxy groups -OCH3 is 1. The highest BCUT2D eigenvalue weighted by molar-refractivity contribution is 8.00. The van der Waals surface area contributed by atoms with Crippen LogP contribution < -0.4 is 5.32 Å². The first-order chi connectivity index (χ1) is 13.7. The highest BCUT2D eigenvalue weighted by atomic mass is 32.2. The van der Waals surface area contributed by atoms with Crippen LogP contribution in [0.5, 0.6) is 0 Å². The van der Waals surface area contributed by atoms with Gasteiger partial charge >= 0.3 is 11.9 Å². The van der Waals surface area contributed by atoms with Crippen LogP contribution in [0.15, 0.2) is 30.3 Å². The Hall–Kier alpha value is -2.63. The molecule has 1 aromatic rings. The van der Waals surface area contributed by atoms with Crippen molar-refractivity contribution in [3.8, 4) is 0 Å². The molecule has 3 rings (SSSR count). The number of fused-ring (bicyclic) bond motifs is 1. The van der Waals surface area contributed by atoms with Crippen molar-refractivity contribution in [2.24, 2.45) is 5.92 Å². The number of ether oxygens (including phenoxy) is 1. The fraction of sp³-hybridized carbons (Fsp3) is 0.444. The summed E-state index contributed by atoms with van der Waals surface area (Å²) in [7, 11) is 1.20. The number of carbonyl (C=O) groups excluding carboxylic acids is 2.